The van der Waals surface area contributed by atoms with Crippen LogP contribution in [0.4, 0.5) is 5.69 Å². The van der Waals surface area contributed by atoms with Gasteiger partial charge in [0.05, 0.1) is 14.2 Å². The van der Waals surface area contributed by atoms with E-state index in [1.54, 1.807) is 49.4 Å². The van der Waals surface area contributed by atoms with Gasteiger partial charge in [-0.1, -0.05) is 0 Å². The van der Waals surface area contributed by atoms with Crippen molar-refractivity contribution in [3.63, 3.8) is 0 Å². The topological polar surface area (TPSA) is 73.9 Å². The molecule has 0 fully saturated rings. The van der Waals surface area contributed by atoms with Crippen LogP contribution in [0.1, 0.15) is 24.2 Å². The lowest BCUT2D eigenvalue weighted by atomic mass is 10.1. The summed E-state index contributed by atoms with van der Waals surface area (Å²) < 4.78 is 16.0. The maximum absolute atomic E-state index is 12.3. The molecular formula is C19H21NO5. The third-order valence-corrected chi connectivity index (χ3v) is 3.56. The molecule has 0 aliphatic rings. The van der Waals surface area contributed by atoms with Crippen LogP contribution in [0.15, 0.2) is 42.5 Å². The molecule has 2 rings (SSSR count). The number of carbonyl (C=O) groups is 2. The van der Waals surface area contributed by atoms with Crippen LogP contribution in [0, 0.1) is 0 Å². The highest BCUT2D eigenvalue weighted by Crippen LogP contribution is 2.26. The molecule has 0 radical (unpaired) electrons. The molecule has 0 aromatic heterocycles. The van der Waals surface area contributed by atoms with E-state index in [0.29, 0.717) is 28.5 Å². The minimum Gasteiger partial charge on any atom is -0.497 e. The first-order chi connectivity index (χ1) is 11.9. The number of ether oxygens (including phenoxy) is 3. The molecular weight excluding hydrogens is 322 g/mol. The van der Waals surface area contributed by atoms with Crippen molar-refractivity contribution in [3.8, 4) is 17.2 Å². The number of Topliss-reactive ketones (excluding diaryl/α,β-unsaturated/α-hetero) is 1. The molecule has 132 valence electrons. The highest BCUT2D eigenvalue weighted by molar-refractivity contribution is 5.95. The number of benzene rings is 2. The van der Waals surface area contributed by atoms with Crippen LogP contribution in [-0.4, -0.2) is 32.0 Å². The van der Waals surface area contributed by atoms with E-state index in [9.17, 15) is 9.59 Å². The Morgan fingerprint density at radius 2 is 1.48 bits per heavy atom. The molecule has 0 saturated carbocycles. The maximum Gasteiger partial charge on any atom is 0.265 e. The van der Waals surface area contributed by atoms with E-state index in [4.69, 9.17) is 14.2 Å². The predicted molar refractivity (Wildman–Crippen MR) is 94.7 cm³/mol. The van der Waals surface area contributed by atoms with Gasteiger partial charge in [-0.3, -0.25) is 9.59 Å². The Bertz CT molecular complexity index is 733. The molecule has 2 aromatic carbocycles. The van der Waals surface area contributed by atoms with Gasteiger partial charge >= 0.3 is 0 Å². The van der Waals surface area contributed by atoms with E-state index in [1.807, 2.05) is 0 Å². The predicted octanol–water partition coefficient (Wildman–Crippen LogP) is 3.31. The number of amides is 1. The molecule has 25 heavy (non-hydrogen) atoms. The molecule has 1 unspecified atom stereocenters. The first kappa shape index (κ1) is 18.3. The van der Waals surface area contributed by atoms with Gasteiger partial charge in [-0.25, -0.2) is 0 Å². The number of methoxy groups -OCH3 is 2. The fraction of sp³-hybridized carbons (Fsp3) is 0.263. The molecule has 0 bridgehead atoms. The van der Waals surface area contributed by atoms with Crippen molar-refractivity contribution in [3.05, 3.63) is 48.0 Å². The van der Waals surface area contributed by atoms with Gasteiger partial charge in [0.1, 0.15) is 17.2 Å². The zero-order valence-electron chi connectivity index (χ0n) is 14.7. The number of ketones is 1. The molecule has 1 amide bonds. The van der Waals surface area contributed by atoms with Crippen LogP contribution in [-0.2, 0) is 4.79 Å². The van der Waals surface area contributed by atoms with Gasteiger partial charge in [-0.15, -0.1) is 0 Å². The van der Waals surface area contributed by atoms with Crippen LogP contribution in [0.3, 0.4) is 0 Å². The molecule has 0 aliphatic carbocycles. The summed E-state index contributed by atoms with van der Waals surface area (Å²) in [5.41, 5.74) is 1.14. The number of anilines is 1. The Labute approximate surface area is 146 Å². The van der Waals surface area contributed by atoms with E-state index in [-0.39, 0.29) is 11.7 Å². The molecule has 0 spiro atoms. The summed E-state index contributed by atoms with van der Waals surface area (Å²) >= 11 is 0. The van der Waals surface area contributed by atoms with Gasteiger partial charge in [0.15, 0.2) is 11.9 Å². The Hall–Kier alpha value is -3.02. The number of carbonyl (C=O) groups excluding carboxylic acids is 2. The molecule has 6 heteroatoms. The monoisotopic (exact) mass is 343 g/mol. The van der Waals surface area contributed by atoms with Crippen LogP contribution in [0.25, 0.3) is 0 Å². The lowest BCUT2D eigenvalue weighted by Gasteiger charge is -2.16. The van der Waals surface area contributed by atoms with Crippen molar-refractivity contribution in [2.75, 3.05) is 19.5 Å². The SMILES string of the molecule is COc1cc(NC(=O)C(C)Oc2ccc(C(C)=O)cc2)cc(OC)c1. The second-order valence-corrected chi connectivity index (χ2v) is 5.43. The van der Waals surface area contributed by atoms with Crippen molar-refractivity contribution >= 4 is 17.4 Å². The highest BCUT2D eigenvalue weighted by atomic mass is 16.5. The summed E-state index contributed by atoms with van der Waals surface area (Å²) in [6.07, 6.45) is -0.722. The first-order valence-electron chi connectivity index (χ1n) is 7.74. The van der Waals surface area contributed by atoms with E-state index in [1.165, 1.54) is 21.1 Å². The number of rotatable bonds is 7. The van der Waals surface area contributed by atoms with Crippen molar-refractivity contribution in [1.82, 2.24) is 0 Å². The van der Waals surface area contributed by atoms with Crippen molar-refractivity contribution in [2.45, 2.75) is 20.0 Å². The van der Waals surface area contributed by atoms with Gasteiger partial charge in [-0.2, -0.15) is 0 Å². The molecule has 0 aliphatic heterocycles. The second-order valence-electron chi connectivity index (χ2n) is 5.43. The largest absolute Gasteiger partial charge is 0.497 e. The van der Waals surface area contributed by atoms with Crippen LogP contribution >= 0.6 is 0 Å². The van der Waals surface area contributed by atoms with Gasteiger partial charge in [0.25, 0.3) is 5.91 Å². The van der Waals surface area contributed by atoms with E-state index in [2.05, 4.69) is 5.32 Å². The minimum absolute atomic E-state index is 0.0238. The van der Waals surface area contributed by atoms with E-state index in [0.717, 1.165) is 0 Å². The summed E-state index contributed by atoms with van der Waals surface area (Å²) in [5, 5.41) is 2.76. The summed E-state index contributed by atoms with van der Waals surface area (Å²) in [5.74, 6) is 1.32. The Morgan fingerprint density at radius 3 is 1.96 bits per heavy atom. The summed E-state index contributed by atoms with van der Waals surface area (Å²) in [6, 6.07) is 11.7. The second kappa shape index (κ2) is 8.19. The number of hydrogen-bond donors (Lipinski definition) is 1. The zero-order chi connectivity index (χ0) is 18.4. The van der Waals surface area contributed by atoms with Gasteiger partial charge < -0.3 is 19.5 Å². The molecule has 1 atom stereocenters. The highest BCUT2D eigenvalue weighted by Gasteiger charge is 2.16. The Kier molecular flexibility index (Phi) is 6.00. The van der Waals surface area contributed by atoms with Crippen LogP contribution in [0.2, 0.25) is 0 Å². The zero-order valence-corrected chi connectivity index (χ0v) is 14.7. The smallest absolute Gasteiger partial charge is 0.265 e. The van der Waals surface area contributed by atoms with Crippen molar-refractivity contribution < 1.29 is 23.8 Å². The summed E-state index contributed by atoms with van der Waals surface area (Å²) in [4.78, 5) is 23.6. The molecule has 1 N–H and O–H groups in total. The fourth-order valence-corrected chi connectivity index (χ4v) is 2.15. The first-order valence-corrected chi connectivity index (χ1v) is 7.74. The van der Waals surface area contributed by atoms with Crippen LogP contribution in [0.5, 0.6) is 17.2 Å². The fourth-order valence-electron chi connectivity index (χ4n) is 2.15. The number of hydrogen-bond acceptors (Lipinski definition) is 5. The van der Waals surface area contributed by atoms with E-state index < -0.39 is 6.10 Å². The van der Waals surface area contributed by atoms with Gasteiger partial charge in [-0.05, 0) is 38.1 Å². The molecule has 6 nitrogen and oxygen atoms in total. The number of nitrogens with one attached hydrogen (secondary N) is 1. The van der Waals surface area contributed by atoms with Gasteiger partial charge in [0, 0.05) is 29.4 Å². The van der Waals surface area contributed by atoms with Crippen molar-refractivity contribution in [1.29, 1.82) is 0 Å². The lowest BCUT2D eigenvalue weighted by Crippen LogP contribution is -2.30. The Morgan fingerprint density at radius 1 is 0.920 bits per heavy atom. The third kappa shape index (κ3) is 4.97. The van der Waals surface area contributed by atoms with Crippen molar-refractivity contribution in [2.24, 2.45) is 0 Å². The van der Waals surface area contributed by atoms with Gasteiger partial charge in [0.2, 0.25) is 0 Å². The van der Waals surface area contributed by atoms with E-state index >= 15 is 0 Å². The average Bonchev–Trinajstić information content (AvgIpc) is 2.61. The normalized spacial score (nSPS) is 11.4. The quantitative estimate of drug-likeness (QED) is 0.781. The Balaban J connectivity index is 2.03. The standard InChI is InChI=1S/C19H21NO5/c1-12(21)14-5-7-16(8-6-14)25-13(2)19(22)20-15-9-17(23-3)11-18(10-15)24-4/h5-11,13H,1-4H3,(H,20,22). The maximum atomic E-state index is 12.3. The molecule has 2 aromatic rings. The summed E-state index contributed by atoms with van der Waals surface area (Å²) in [7, 11) is 3.08. The third-order valence-electron chi connectivity index (χ3n) is 3.56. The average molecular weight is 343 g/mol. The van der Waals surface area contributed by atoms with Crippen LogP contribution < -0.4 is 19.5 Å². The lowest BCUT2D eigenvalue weighted by molar-refractivity contribution is -0.122. The molecule has 0 heterocycles. The molecule has 0 saturated heterocycles. The minimum atomic E-state index is -0.722. The summed E-state index contributed by atoms with van der Waals surface area (Å²) in [6.45, 7) is 3.14.